The molecular weight excluding hydrogens is 218 g/mol. The molecule has 0 saturated carbocycles. The predicted octanol–water partition coefficient (Wildman–Crippen LogP) is 1.22. The highest BCUT2D eigenvalue weighted by Crippen LogP contribution is 2.27. The molecule has 0 heterocycles. The van der Waals surface area contributed by atoms with Crippen LogP contribution in [0.15, 0.2) is 18.2 Å². The minimum absolute atomic E-state index is 0.0989. The highest BCUT2D eigenvalue weighted by molar-refractivity contribution is 7.80. The van der Waals surface area contributed by atoms with E-state index >= 15 is 0 Å². The average Bonchev–Trinajstić information content (AvgIpc) is 2.20. The Morgan fingerprint density at radius 3 is 2.80 bits per heavy atom. The summed E-state index contributed by atoms with van der Waals surface area (Å²) in [6.45, 7) is 0. The number of phenolic OH excluding ortho intramolecular Hbond substituents is 1. The van der Waals surface area contributed by atoms with Gasteiger partial charge in [-0.25, -0.2) is 0 Å². The quantitative estimate of drug-likeness (QED) is 0.305. The molecule has 0 aliphatic rings. The molecule has 0 aliphatic carbocycles. The average molecular weight is 227 g/mol. The van der Waals surface area contributed by atoms with E-state index < -0.39 is 4.92 Å². The number of benzene rings is 1. The molecule has 0 unspecified atom stereocenters. The van der Waals surface area contributed by atoms with Crippen LogP contribution in [0.5, 0.6) is 5.75 Å². The molecule has 0 amide bonds. The highest BCUT2D eigenvalue weighted by atomic mass is 32.1. The minimum atomic E-state index is -0.549. The molecule has 1 aromatic rings. The number of thiocarbonyl (C=S) groups is 1. The molecule has 1 rings (SSSR count). The lowest BCUT2D eigenvalue weighted by Gasteiger charge is -2.08. The summed E-state index contributed by atoms with van der Waals surface area (Å²) < 4.78 is 0. The van der Waals surface area contributed by atoms with E-state index in [2.05, 4.69) is 10.6 Å². The molecule has 7 heteroatoms. The van der Waals surface area contributed by atoms with Crippen molar-refractivity contribution in [2.75, 3.05) is 12.4 Å². The van der Waals surface area contributed by atoms with Gasteiger partial charge in [0.15, 0.2) is 5.11 Å². The van der Waals surface area contributed by atoms with Crippen molar-refractivity contribution in [2.24, 2.45) is 0 Å². The van der Waals surface area contributed by atoms with Crippen LogP contribution in [0.4, 0.5) is 11.4 Å². The molecule has 0 spiro atoms. The monoisotopic (exact) mass is 227 g/mol. The smallest absolute Gasteiger partial charge is 0.271 e. The molecule has 0 aromatic heterocycles. The summed E-state index contributed by atoms with van der Waals surface area (Å²) in [7, 11) is 1.60. The standard InChI is InChI=1S/C8H9N3O3S/c1-9-8(15)10-6-4-5(11(13)14)2-3-7(6)12/h2-4,12H,1H3,(H2,9,10,15). The van der Waals surface area contributed by atoms with Crippen molar-refractivity contribution in [3.63, 3.8) is 0 Å². The summed E-state index contributed by atoms with van der Waals surface area (Å²) in [4.78, 5) is 9.92. The third-order valence-electron chi connectivity index (χ3n) is 1.67. The number of nitro benzene ring substituents is 1. The van der Waals surface area contributed by atoms with Gasteiger partial charge in [-0.05, 0) is 18.3 Å². The first-order chi connectivity index (χ1) is 7.04. The molecule has 6 nitrogen and oxygen atoms in total. The first kappa shape index (κ1) is 11.2. The van der Waals surface area contributed by atoms with Gasteiger partial charge in [0, 0.05) is 19.2 Å². The SMILES string of the molecule is CNC(=S)Nc1cc([N+](=O)[O-])ccc1O. The lowest BCUT2D eigenvalue weighted by molar-refractivity contribution is -0.384. The highest BCUT2D eigenvalue weighted by Gasteiger charge is 2.10. The number of phenols is 1. The van der Waals surface area contributed by atoms with Crippen LogP contribution < -0.4 is 10.6 Å². The normalized spacial score (nSPS) is 9.40. The molecule has 0 aliphatic heterocycles. The van der Waals surface area contributed by atoms with Crippen molar-refractivity contribution >= 4 is 28.7 Å². The van der Waals surface area contributed by atoms with E-state index in [1.165, 1.54) is 18.2 Å². The zero-order valence-electron chi connectivity index (χ0n) is 7.85. The maximum atomic E-state index is 10.5. The Labute approximate surface area is 91.1 Å². The largest absolute Gasteiger partial charge is 0.506 e. The maximum absolute atomic E-state index is 10.5. The number of nitrogens with one attached hydrogen (secondary N) is 2. The Hall–Kier alpha value is -1.89. The van der Waals surface area contributed by atoms with Crippen LogP contribution in [0.2, 0.25) is 0 Å². The zero-order chi connectivity index (χ0) is 11.4. The fourth-order valence-corrected chi connectivity index (χ4v) is 1.03. The number of nitro groups is 1. The Morgan fingerprint density at radius 1 is 1.60 bits per heavy atom. The third kappa shape index (κ3) is 2.78. The Balaban J connectivity index is 3.00. The van der Waals surface area contributed by atoms with E-state index in [-0.39, 0.29) is 22.2 Å². The molecule has 0 atom stereocenters. The molecule has 80 valence electrons. The fraction of sp³-hybridized carbons (Fsp3) is 0.125. The Bertz CT molecular complexity index is 408. The van der Waals surface area contributed by atoms with Crippen LogP contribution in [0, 0.1) is 10.1 Å². The van der Waals surface area contributed by atoms with Crippen molar-refractivity contribution in [3.05, 3.63) is 28.3 Å². The molecule has 0 bridgehead atoms. The first-order valence-corrected chi connectivity index (χ1v) is 4.41. The molecule has 3 N–H and O–H groups in total. The maximum Gasteiger partial charge on any atom is 0.271 e. The van der Waals surface area contributed by atoms with Crippen LogP contribution in [-0.2, 0) is 0 Å². The number of hydrogen-bond donors (Lipinski definition) is 3. The van der Waals surface area contributed by atoms with Crippen LogP contribution in [0.1, 0.15) is 0 Å². The summed E-state index contributed by atoms with van der Waals surface area (Å²) in [5, 5.41) is 25.4. The van der Waals surface area contributed by atoms with Crippen molar-refractivity contribution < 1.29 is 10.0 Å². The Morgan fingerprint density at radius 2 is 2.27 bits per heavy atom. The van der Waals surface area contributed by atoms with Crippen molar-refractivity contribution in [1.82, 2.24) is 5.32 Å². The molecule has 1 aromatic carbocycles. The van der Waals surface area contributed by atoms with Gasteiger partial charge in [0.25, 0.3) is 5.69 Å². The van der Waals surface area contributed by atoms with E-state index in [4.69, 9.17) is 12.2 Å². The number of rotatable bonds is 2. The topological polar surface area (TPSA) is 87.4 Å². The van der Waals surface area contributed by atoms with E-state index in [0.717, 1.165) is 0 Å². The van der Waals surface area contributed by atoms with Gasteiger partial charge in [-0.3, -0.25) is 10.1 Å². The van der Waals surface area contributed by atoms with Gasteiger partial charge in [0.2, 0.25) is 0 Å². The molecular formula is C8H9N3O3S. The van der Waals surface area contributed by atoms with Crippen LogP contribution in [0.25, 0.3) is 0 Å². The second kappa shape index (κ2) is 4.56. The number of anilines is 1. The van der Waals surface area contributed by atoms with Gasteiger partial charge >= 0.3 is 0 Å². The molecule has 0 fully saturated rings. The summed E-state index contributed by atoms with van der Waals surface area (Å²) in [5.74, 6) is -0.0989. The van der Waals surface area contributed by atoms with E-state index in [9.17, 15) is 15.2 Å². The number of aromatic hydroxyl groups is 1. The van der Waals surface area contributed by atoms with Crippen molar-refractivity contribution in [1.29, 1.82) is 0 Å². The fourth-order valence-electron chi connectivity index (χ4n) is 0.923. The van der Waals surface area contributed by atoms with Gasteiger partial charge in [-0.2, -0.15) is 0 Å². The van der Waals surface area contributed by atoms with Gasteiger partial charge < -0.3 is 15.7 Å². The van der Waals surface area contributed by atoms with Crippen LogP contribution in [-0.4, -0.2) is 22.2 Å². The lowest BCUT2D eigenvalue weighted by Crippen LogP contribution is -2.24. The van der Waals surface area contributed by atoms with Crippen molar-refractivity contribution in [2.45, 2.75) is 0 Å². The molecule has 0 saturated heterocycles. The third-order valence-corrected chi connectivity index (χ3v) is 1.97. The second-order valence-corrected chi connectivity index (χ2v) is 3.07. The van der Waals surface area contributed by atoms with E-state index in [1.807, 2.05) is 0 Å². The number of hydrogen-bond acceptors (Lipinski definition) is 4. The van der Waals surface area contributed by atoms with Crippen LogP contribution >= 0.6 is 12.2 Å². The summed E-state index contributed by atoms with van der Waals surface area (Å²) in [6.07, 6.45) is 0. The number of non-ortho nitro benzene ring substituents is 1. The lowest BCUT2D eigenvalue weighted by atomic mass is 10.2. The summed E-state index contributed by atoms with van der Waals surface area (Å²) in [5.41, 5.74) is 0.0813. The molecule has 0 radical (unpaired) electrons. The first-order valence-electron chi connectivity index (χ1n) is 4.00. The van der Waals surface area contributed by atoms with E-state index in [1.54, 1.807) is 7.05 Å². The molecule has 15 heavy (non-hydrogen) atoms. The summed E-state index contributed by atoms with van der Waals surface area (Å²) >= 11 is 4.80. The Kier molecular flexibility index (Phi) is 3.40. The van der Waals surface area contributed by atoms with Gasteiger partial charge in [0.1, 0.15) is 5.75 Å². The summed E-state index contributed by atoms with van der Waals surface area (Å²) in [6, 6.07) is 3.65. The van der Waals surface area contributed by atoms with Gasteiger partial charge in [-0.15, -0.1) is 0 Å². The minimum Gasteiger partial charge on any atom is -0.506 e. The van der Waals surface area contributed by atoms with Crippen molar-refractivity contribution in [3.8, 4) is 5.75 Å². The number of nitrogens with zero attached hydrogens (tertiary/aromatic N) is 1. The van der Waals surface area contributed by atoms with Gasteiger partial charge in [0.05, 0.1) is 10.6 Å². The second-order valence-electron chi connectivity index (χ2n) is 2.66. The van der Waals surface area contributed by atoms with Gasteiger partial charge in [-0.1, -0.05) is 0 Å². The van der Waals surface area contributed by atoms with E-state index in [0.29, 0.717) is 0 Å². The zero-order valence-corrected chi connectivity index (χ0v) is 8.67. The predicted molar refractivity (Wildman–Crippen MR) is 60.0 cm³/mol. The van der Waals surface area contributed by atoms with Crippen LogP contribution in [0.3, 0.4) is 0 Å².